The van der Waals surface area contributed by atoms with E-state index in [9.17, 15) is 0 Å². The maximum atomic E-state index is 5.97. The highest BCUT2D eigenvalue weighted by Crippen LogP contribution is 2.26. The van der Waals surface area contributed by atoms with Crippen molar-refractivity contribution in [2.24, 2.45) is 0 Å². The number of likely N-dealkylation sites (N-methyl/N-ethyl adjacent to an activating group) is 2. The molecule has 0 aliphatic heterocycles. The van der Waals surface area contributed by atoms with Crippen LogP contribution in [0.15, 0.2) is 18.2 Å². The lowest BCUT2D eigenvalue weighted by Gasteiger charge is -2.23. The van der Waals surface area contributed by atoms with Gasteiger partial charge in [-0.3, -0.25) is 0 Å². The molecular weight excluding hydrogens is 202 g/mol. The maximum Gasteiger partial charge on any atom is 0.121 e. The summed E-state index contributed by atoms with van der Waals surface area (Å²) in [7, 11) is 7.81. The zero-order valence-electron chi connectivity index (χ0n) is 10.5. The average molecular weight is 223 g/mol. The van der Waals surface area contributed by atoms with Gasteiger partial charge >= 0.3 is 0 Å². The van der Waals surface area contributed by atoms with Crippen molar-refractivity contribution in [3.8, 4) is 5.75 Å². The van der Waals surface area contributed by atoms with E-state index in [0.717, 1.165) is 30.2 Å². The fourth-order valence-electron chi connectivity index (χ4n) is 1.48. The van der Waals surface area contributed by atoms with Gasteiger partial charge in [0.15, 0.2) is 0 Å². The van der Waals surface area contributed by atoms with E-state index in [1.165, 1.54) is 0 Å². The van der Waals surface area contributed by atoms with Gasteiger partial charge in [0.1, 0.15) is 5.75 Å². The van der Waals surface area contributed by atoms with E-state index in [-0.39, 0.29) is 0 Å². The van der Waals surface area contributed by atoms with Crippen molar-refractivity contribution < 1.29 is 4.74 Å². The molecule has 0 aromatic heterocycles. The molecule has 1 aromatic rings. The highest BCUT2D eigenvalue weighted by Gasteiger charge is 2.06. The molecule has 0 unspecified atom stereocenters. The van der Waals surface area contributed by atoms with Gasteiger partial charge in [-0.05, 0) is 26.2 Å². The topological polar surface area (TPSA) is 41.7 Å². The molecule has 0 saturated heterocycles. The Morgan fingerprint density at radius 1 is 1.19 bits per heavy atom. The molecule has 0 amide bonds. The van der Waals surface area contributed by atoms with Crippen LogP contribution in [0.2, 0.25) is 0 Å². The first kappa shape index (κ1) is 12.6. The molecule has 0 saturated carbocycles. The maximum absolute atomic E-state index is 5.97. The third-order valence-electron chi connectivity index (χ3n) is 2.53. The monoisotopic (exact) mass is 223 g/mol. The summed E-state index contributed by atoms with van der Waals surface area (Å²) in [6.45, 7) is 1.95. The molecule has 4 nitrogen and oxygen atoms in total. The number of hydrogen-bond donors (Lipinski definition) is 1. The first-order valence-corrected chi connectivity index (χ1v) is 5.34. The van der Waals surface area contributed by atoms with Crippen LogP contribution in [-0.4, -0.2) is 46.2 Å². The lowest BCUT2D eigenvalue weighted by molar-refractivity contribution is 0.414. The number of anilines is 2. The van der Waals surface area contributed by atoms with E-state index < -0.39 is 0 Å². The van der Waals surface area contributed by atoms with Gasteiger partial charge in [0.2, 0.25) is 0 Å². The van der Waals surface area contributed by atoms with Crippen molar-refractivity contribution in [2.45, 2.75) is 0 Å². The molecule has 0 aliphatic carbocycles. The largest absolute Gasteiger partial charge is 0.497 e. The first-order valence-electron chi connectivity index (χ1n) is 5.34. The summed E-state index contributed by atoms with van der Waals surface area (Å²) in [6, 6.07) is 5.77. The third-order valence-corrected chi connectivity index (χ3v) is 2.53. The number of ether oxygens (including phenoxy) is 1. The quantitative estimate of drug-likeness (QED) is 0.763. The Labute approximate surface area is 97.6 Å². The van der Waals surface area contributed by atoms with Crippen LogP contribution in [0, 0.1) is 0 Å². The number of nitrogens with zero attached hydrogens (tertiary/aromatic N) is 2. The van der Waals surface area contributed by atoms with Gasteiger partial charge in [0, 0.05) is 26.2 Å². The molecule has 0 atom stereocenters. The van der Waals surface area contributed by atoms with E-state index in [1.54, 1.807) is 7.11 Å². The Morgan fingerprint density at radius 3 is 2.38 bits per heavy atom. The molecule has 0 spiro atoms. The Morgan fingerprint density at radius 2 is 1.88 bits per heavy atom. The molecule has 90 valence electrons. The number of nitrogen functional groups attached to an aromatic ring is 1. The second-order valence-electron chi connectivity index (χ2n) is 4.15. The van der Waals surface area contributed by atoms with Crippen molar-refractivity contribution >= 4 is 11.4 Å². The zero-order valence-corrected chi connectivity index (χ0v) is 10.5. The molecule has 0 aliphatic rings. The summed E-state index contributed by atoms with van der Waals surface area (Å²) >= 11 is 0. The zero-order chi connectivity index (χ0) is 12.1. The molecule has 0 fully saturated rings. The van der Waals surface area contributed by atoms with Gasteiger partial charge in [0.25, 0.3) is 0 Å². The van der Waals surface area contributed by atoms with Gasteiger partial charge < -0.3 is 20.3 Å². The van der Waals surface area contributed by atoms with Crippen molar-refractivity contribution in [3.05, 3.63) is 18.2 Å². The number of benzene rings is 1. The van der Waals surface area contributed by atoms with Crippen molar-refractivity contribution in [3.63, 3.8) is 0 Å². The summed E-state index contributed by atoms with van der Waals surface area (Å²) in [6.07, 6.45) is 0. The minimum Gasteiger partial charge on any atom is -0.497 e. The van der Waals surface area contributed by atoms with Crippen LogP contribution >= 0.6 is 0 Å². The highest BCUT2D eigenvalue weighted by atomic mass is 16.5. The van der Waals surface area contributed by atoms with Gasteiger partial charge in [-0.1, -0.05) is 0 Å². The lowest BCUT2D eigenvalue weighted by atomic mass is 10.2. The Kier molecular flexibility index (Phi) is 4.43. The van der Waals surface area contributed by atoms with Crippen LogP contribution in [0.1, 0.15) is 0 Å². The fourth-order valence-corrected chi connectivity index (χ4v) is 1.48. The lowest BCUT2D eigenvalue weighted by Crippen LogP contribution is -2.28. The highest BCUT2D eigenvalue weighted by molar-refractivity contribution is 5.69. The molecular formula is C12H21N3O. The molecule has 0 bridgehead atoms. The molecule has 0 heterocycles. The second kappa shape index (κ2) is 5.61. The van der Waals surface area contributed by atoms with E-state index in [1.807, 2.05) is 25.2 Å². The summed E-state index contributed by atoms with van der Waals surface area (Å²) in [5.41, 5.74) is 7.76. The van der Waals surface area contributed by atoms with E-state index in [0.29, 0.717) is 0 Å². The number of methoxy groups -OCH3 is 1. The van der Waals surface area contributed by atoms with Crippen LogP contribution in [0.5, 0.6) is 5.75 Å². The van der Waals surface area contributed by atoms with Gasteiger partial charge in [-0.15, -0.1) is 0 Å². The molecule has 1 rings (SSSR count). The van der Waals surface area contributed by atoms with Crippen LogP contribution in [0.25, 0.3) is 0 Å². The summed E-state index contributed by atoms with van der Waals surface area (Å²) in [4.78, 5) is 4.30. The number of rotatable bonds is 5. The summed E-state index contributed by atoms with van der Waals surface area (Å²) < 4.78 is 5.12. The van der Waals surface area contributed by atoms with Crippen LogP contribution in [-0.2, 0) is 0 Å². The predicted octanol–water partition coefficient (Wildman–Crippen LogP) is 1.28. The number of nitrogens with two attached hydrogens (primary N) is 1. The third kappa shape index (κ3) is 3.31. The van der Waals surface area contributed by atoms with Crippen LogP contribution in [0.3, 0.4) is 0 Å². The average Bonchev–Trinajstić information content (AvgIpc) is 2.25. The molecule has 0 radical (unpaired) electrons. The van der Waals surface area contributed by atoms with E-state index >= 15 is 0 Å². The van der Waals surface area contributed by atoms with Crippen molar-refractivity contribution in [1.29, 1.82) is 0 Å². The van der Waals surface area contributed by atoms with Gasteiger partial charge in [-0.2, -0.15) is 0 Å². The second-order valence-corrected chi connectivity index (χ2v) is 4.15. The van der Waals surface area contributed by atoms with Crippen molar-refractivity contribution in [1.82, 2.24) is 4.90 Å². The summed E-state index contributed by atoms with van der Waals surface area (Å²) in [5.74, 6) is 0.794. The van der Waals surface area contributed by atoms with Crippen molar-refractivity contribution in [2.75, 3.05) is 52.0 Å². The predicted molar refractivity (Wildman–Crippen MR) is 69.2 cm³/mol. The Bertz CT molecular complexity index is 339. The Balaban J connectivity index is 2.71. The molecule has 1 aromatic carbocycles. The van der Waals surface area contributed by atoms with Gasteiger partial charge in [-0.25, -0.2) is 0 Å². The van der Waals surface area contributed by atoms with Crippen LogP contribution in [0.4, 0.5) is 11.4 Å². The smallest absolute Gasteiger partial charge is 0.121 e. The van der Waals surface area contributed by atoms with E-state index in [2.05, 4.69) is 23.9 Å². The first-order chi connectivity index (χ1) is 7.54. The fraction of sp³-hybridized carbons (Fsp3) is 0.500. The summed E-state index contributed by atoms with van der Waals surface area (Å²) in [5, 5.41) is 0. The molecule has 16 heavy (non-hydrogen) atoms. The van der Waals surface area contributed by atoms with Gasteiger partial charge in [0.05, 0.1) is 18.5 Å². The molecule has 2 N–H and O–H groups in total. The normalized spacial score (nSPS) is 10.6. The van der Waals surface area contributed by atoms with E-state index in [4.69, 9.17) is 10.5 Å². The SMILES string of the molecule is COc1ccc(N(C)CCN(C)C)c(N)c1. The van der Waals surface area contributed by atoms with Crippen LogP contribution < -0.4 is 15.4 Å². The minimum absolute atomic E-state index is 0.751. The standard InChI is InChI=1S/C12H21N3O/c1-14(2)7-8-15(3)12-6-5-10(16-4)9-11(12)13/h5-6,9H,7-8,13H2,1-4H3. The minimum atomic E-state index is 0.751. The Hall–Kier alpha value is -1.42. The molecule has 4 heteroatoms. The number of hydrogen-bond acceptors (Lipinski definition) is 4.